The summed E-state index contributed by atoms with van der Waals surface area (Å²) in [6, 6.07) is 7.81. The van der Waals surface area contributed by atoms with Gasteiger partial charge < -0.3 is 15.0 Å². The average molecular weight is 402 g/mol. The number of anilines is 1. The summed E-state index contributed by atoms with van der Waals surface area (Å²) in [4.78, 5) is 26.6. The van der Waals surface area contributed by atoms with E-state index < -0.39 is 0 Å². The van der Waals surface area contributed by atoms with Gasteiger partial charge in [0.1, 0.15) is 5.82 Å². The highest BCUT2D eigenvalue weighted by Gasteiger charge is 2.23. The molecule has 1 unspecified atom stereocenters. The van der Waals surface area contributed by atoms with Crippen molar-refractivity contribution >= 4 is 11.6 Å². The van der Waals surface area contributed by atoms with E-state index in [1.807, 2.05) is 0 Å². The number of ether oxygens (including phenoxy) is 1. The van der Waals surface area contributed by atoms with Crippen LogP contribution in [0.2, 0.25) is 0 Å². The molecule has 1 N–H and O–H groups in total. The summed E-state index contributed by atoms with van der Waals surface area (Å²) in [5.74, 6) is -0.154. The largest absolute Gasteiger partial charge is 0.383 e. The van der Waals surface area contributed by atoms with Crippen LogP contribution in [0.25, 0.3) is 0 Å². The molecule has 1 fully saturated rings. The molecule has 7 nitrogen and oxygen atoms in total. The first-order chi connectivity index (χ1) is 14.0. The summed E-state index contributed by atoms with van der Waals surface area (Å²) in [5.41, 5.74) is 1.37. The molecular weight excluding hydrogens is 375 g/mol. The summed E-state index contributed by atoms with van der Waals surface area (Å²) in [6.07, 6.45) is 4.02. The fraction of sp³-hybridized carbons (Fsp3) is 0.476. The molecule has 3 rings (SSSR count). The van der Waals surface area contributed by atoms with Gasteiger partial charge in [0.2, 0.25) is 5.91 Å². The Morgan fingerprint density at radius 1 is 1.38 bits per heavy atom. The molecule has 156 valence electrons. The van der Waals surface area contributed by atoms with E-state index in [9.17, 15) is 14.0 Å². The van der Waals surface area contributed by atoms with Crippen LogP contribution in [0.1, 0.15) is 24.8 Å². The standard InChI is InChI=1S/C21H27FN4O3/c1-29-9-8-26-21(28)12-19(14-24-26)25-7-3-5-17(15-25)11-20(27)23-13-16-4-2-6-18(22)10-16/h2,4,6,10,12,14,17H,3,5,7-9,11,13,15H2,1H3,(H,23,27). The van der Waals surface area contributed by atoms with Crippen molar-refractivity contribution in [3.05, 3.63) is 58.3 Å². The zero-order valence-electron chi connectivity index (χ0n) is 16.6. The van der Waals surface area contributed by atoms with Crippen LogP contribution in [0.5, 0.6) is 0 Å². The van der Waals surface area contributed by atoms with Crippen LogP contribution in [0.15, 0.2) is 41.3 Å². The van der Waals surface area contributed by atoms with Gasteiger partial charge in [-0.3, -0.25) is 9.59 Å². The Morgan fingerprint density at radius 3 is 3.00 bits per heavy atom. The van der Waals surface area contributed by atoms with E-state index in [0.29, 0.717) is 32.7 Å². The van der Waals surface area contributed by atoms with Crippen molar-refractivity contribution in [2.75, 3.05) is 31.7 Å². The van der Waals surface area contributed by atoms with Crippen molar-refractivity contribution in [2.24, 2.45) is 5.92 Å². The molecule has 1 aromatic carbocycles. The molecule has 0 bridgehead atoms. The molecule has 8 heteroatoms. The fourth-order valence-corrected chi connectivity index (χ4v) is 3.59. The Morgan fingerprint density at radius 2 is 2.24 bits per heavy atom. The highest BCUT2D eigenvalue weighted by Crippen LogP contribution is 2.23. The lowest BCUT2D eigenvalue weighted by Crippen LogP contribution is -2.39. The highest BCUT2D eigenvalue weighted by molar-refractivity contribution is 5.76. The average Bonchev–Trinajstić information content (AvgIpc) is 2.71. The number of carbonyl (C=O) groups excluding carboxylic acids is 1. The normalized spacial score (nSPS) is 16.6. The lowest BCUT2D eigenvalue weighted by molar-refractivity contribution is -0.122. The molecule has 2 aromatic rings. The SMILES string of the molecule is COCCn1ncc(N2CCCC(CC(=O)NCc3cccc(F)c3)C2)cc1=O. The molecule has 1 aromatic heterocycles. The van der Waals surface area contributed by atoms with Crippen LogP contribution in [0.3, 0.4) is 0 Å². The number of piperidine rings is 1. The van der Waals surface area contributed by atoms with E-state index in [4.69, 9.17) is 4.74 Å². The molecule has 1 atom stereocenters. The van der Waals surface area contributed by atoms with Crippen LogP contribution in [0.4, 0.5) is 10.1 Å². The number of hydrogen-bond acceptors (Lipinski definition) is 5. The van der Waals surface area contributed by atoms with Gasteiger partial charge in [0.05, 0.1) is 25.0 Å². The molecule has 0 spiro atoms. The first-order valence-electron chi connectivity index (χ1n) is 9.87. The Labute approximate surface area is 169 Å². The van der Waals surface area contributed by atoms with Crippen molar-refractivity contribution in [3.8, 4) is 0 Å². The summed E-state index contributed by atoms with van der Waals surface area (Å²) < 4.78 is 19.6. The molecule has 0 saturated carbocycles. The van der Waals surface area contributed by atoms with E-state index in [-0.39, 0.29) is 23.2 Å². The fourth-order valence-electron chi connectivity index (χ4n) is 3.59. The minimum atomic E-state index is -0.308. The van der Waals surface area contributed by atoms with Crippen molar-refractivity contribution in [1.82, 2.24) is 15.1 Å². The summed E-state index contributed by atoms with van der Waals surface area (Å²) in [7, 11) is 1.58. The van der Waals surface area contributed by atoms with Crippen molar-refractivity contribution < 1.29 is 13.9 Å². The monoisotopic (exact) mass is 402 g/mol. The number of hydrogen-bond donors (Lipinski definition) is 1. The molecular formula is C21H27FN4O3. The number of carbonyl (C=O) groups is 1. The number of rotatable bonds is 8. The maximum Gasteiger partial charge on any atom is 0.268 e. The Hall–Kier alpha value is -2.74. The molecule has 0 radical (unpaired) electrons. The van der Waals surface area contributed by atoms with Crippen LogP contribution < -0.4 is 15.8 Å². The van der Waals surface area contributed by atoms with Gasteiger partial charge in [-0.1, -0.05) is 12.1 Å². The zero-order valence-corrected chi connectivity index (χ0v) is 16.6. The minimum absolute atomic E-state index is 0.0470. The third kappa shape index (κ3) is 6.12. The number of benzene rings is 1. The molecule has 2 heterocycles. The van der Waals surface area contributed by atoms with Gasteiger partial charge >= 0.3 is 0 Å². The van der Waals surface area contributed by atoms with Crippen LogP contribution >= 0.6 is 0 Å². The summed E-state index contributed by atoms with van der Waals surface area (Å²) in [6.45, 7) is 2.71. The molecule has 1 amide bonds. The number of nitrogens with zero attached hydrogens (tertiary/aromatic N) is 3. The lowest BCUT2D eigenvalue weighted by atomic mass is 9.94. The predicted octanol–water partition coefficient (Wildman–Crippen LogP) is 1.95. The maximum absolute atomic E-state index is 13.2. The summed E-state index contributed by atoms with van der Waals surface area (Å²) >= 11 is 0. The van der Waals surface area contributed by atoms with E-state index in [2.05, 4.69) is 15.3 Å². The second-order valence-corrected chi connectivity index (χ2v) is 7.33. The molecule has 0 aliphatic carbocycles. The maximum atomic E-state index is 13.2. The Kier molecular flexibility index (Phi) is 7.35. The minimum Gasteiger partial charge on any atom is -0.383 e. The van der Waals surface area contributed by atoms with Crippen molar-refractivity contribution in [3.63, 3.8) is 0 Å². The van der Waals surface area contributed by atoms with Gasteiger partial charge in [0.15, 0.2) is 0 Å². The third-order valence-electron chi connectivity index (χ3n) is 5.10. The van der Waals surface area contributed by atoms with E-state index in [0.717, 1.165) is 30.6 Å². The van der Waals surface area contributed by atoms with Gasteiger partial charge in [-0.15, -0.1) is 0 Å². The number of aromatic nitrogens is 2. The van der Waals surface area contributed by atoms with Crippen molar-refractivity contribution in [2.45, 2.75) is 32.4 Å². The smallest absolute Gasteiger partial charge is 0.268 e. The van der Waals surface area contributed by atoms with E-state index >= 15 is 0 Å². The number of amides is 1. The molecule has 1 aliphatic rings. The summed E-state index contributed by atoms with van der Waals surface area (Å²) in [5, 5.41) is 7.08. The first kappa shape index (κ1) is 21.0. The number of methoxy groups -OCH3 is 1. The number of nitrogens with one attached hydrogen (secondary N) is 1. The van der Waals surface area contributed by atoms with Crippen LogP contribution in [-0.4, -0.2) is 42.5 Å². The lowest BCUT2D eigenvalue weighted by Gasteiger charge is -2.34. The molecule has 1 aliphatic heterocycles. The van der Waals surface area contributed by atoms with Crippen molar-refractivity contribution in [1.29, 1.82) is 0 Å². The zero-order chi connectivity index (χ0) is 20.6. The van der Waals surface area contributed by atoms with Gasteiger partial charge in [-0.25, -0.2) is 9.07 Å². The Balaban J connectivity index is 1.53. The van der Waals surface area contributed by atoms with Crippen LogP contribution in [-0.2, 0) is 22.6 Å². The molecule has 1 saturated heterocycles. The second-order valence-electron chi connectivity index (χ2n) is 7.33. The first-order valence-corrected chi connectivity index (χ1v) is 9.87. The topological polar surface area (TPSA) is 76.5 Å². The van der Waals surface area contributed by atoms with E-state index in [1.54, 1.807) is 31.5 Å². The highest BCUT2D eigenvalue weighted by atomic mass is 19.1. The van der Waals surface area contributed by atoms with Gasteiger partial charge in [-0.2, -0.15) is 5.10 Å². The van der Waals surface area contributed by atoms with Crippen LogP contribution in [0, 0.1) is 11.7 Å². The van der Waals surface area contributed by atoms with E-state index in [1.165, 1.54) is 16.8 Å². The quantitative estimate of drug-likeness (QED) is 0.730. The molecule has 29 heavy (non-hydrogen) atoms. The number of halogens is 1. The third-order valence-corrected chi connectivity index (χ3v) is 5.10. The van der Waals surface area contributed by atoms with Gasteiger partial charge in [-0.05, 0) is 36.5 Å². The Bertz CT molecular complexity index is 886. The second kappa shape index (κ2) is 10.2. The predicted molar refractivity (Wildman–Crippen MR) is 108 cm³/mol. The van der Waals surface area contributed by atoms with Gasteiger partial charge in [0, 0.05) is 39.2 Å². The van der Waals surface area contributed by atoms with Gasteiger partial charge in [0.25, 0.3) is 5.56 Å².